The number of imidazole rings is 1. The van der Waals surface area contributed by atoms with Crippen LogP contribution in [-0.2, 0) is 16.1 Å². The number of carbonyl (C=O) groups excluding carboxylic acids is 1. The highest BCUT2D eigenvalue weighted by molar-refractivity contribution is 7.21. The van der Waals surface area contributed by atoms with Crippen LogP contribution in [0.1, 0.15) is 40.0 Å². The molecule has 1 amide bonds. The van der Waals surface area contributed by atoms with Crippen LogP contribution in [0.15, 0.2) is 36.4 Å². The molecule has 1 aliphatic heterocycles. The molecule has 1 unspecified atom stereocenters. The molecule has 4 aromatic rings. The summed E-state index contributed by atoms with van der Waals surface area (Å²) in [5.74, 6) is 0.171. The number of hydrogen-bond donors (Lipinski definition) is 2. The molecule has 2 aromatic carbocycles. The highest BCUT2D eigenvalue weighted by Gasteiger charge is 2.22. The van der Waals surface area contributed by atoms with Crippen LogP contribution in [0.4, 0.5) is 10.1 Å². The van der Waals surface area contributed by atoms with Gasteiger partial charge in [0, 0.05) is 35.1 Å². The van der Waals surface area contributed by atoms with Gasteiger partial charge in [0.2, 0.25) is 0 Å². The summed E-state index contributed by atoms with van der Waals surface area (Å²) in [4.78, 5) is 21.4. The van der Waals surface area contributed by atoms with Gasteiger partial charge in [0.1, 0.15) is 17.7 Å². The minimum absolute atomic E-state index is 0.000452. The van der Waals surface area contributed by atoms with E-state index in [4.69, 9.17) is 9.47 Å². The molecule has 2 N–H and O–H groups in total. The largest absolute Gasteiger partial charge is 0.380 e. The van der Waals surface area contributed by atoms with Gasteiger partial charge < -0.3 is 19.8 Å². The number of benzene rings is 2. The van der Waals surface area contributed by atoms with Crippen LogP contribution in [0.3, 0.4) is 0 Å². The number of nitrogens with one attached hydrogen (secondary N) is 2. The first-order valence-electron chi connectivity index (χ1n) is 9.75. The predicted molar refractivity (Wildman–Crippen MR) is 114 cm³/mol. The van der Waals surface area contributed by atoms with Crippen molar-refractivity contribution in [1.29, 1.82) is 0 Å². The molecule has 5 rings (SSSR count). The van der Waals surface area contributed by atoms with Gasteiger partial charge in [-0.3, -0.25) is 4.79 Å². The third-order valence-corrected chi connectivity index (χ3v) is 6.45. The van der Waals surface area contributed by atoms with Crippen LogP contribution >= 0.6 is 11.3 Å². The molecule has 30 heavy (non-hydrogen) atoms. The molecule has 2 aromatic heterocycles. The first-order chi connectivity index (χ1) is 14.6. The Bertz CT molecular complexity index is 1240. The minimum Gasteiger partial charge on any atom is -0.380 e. The Labute approximate surface area is 176 Å². The lowest BCUT2D eigenvalue weighted by atomic mass is 10.1. The van der Waals surface area contributed by atoms with Crippen LogP contribution < -0.4 is 5.32 Å². The standard InChI is InChI=1S/C22H20FN3O3S/c1-28-11-13-19-14(23)4-2-6-18(19)30-20(13)22(27)24-12-7-8-15-16(10-12)26-21(25-15)17-5-3-9-29-17/h2,4,6-8,10,17H,3,5,9,11H2,1H3,(H,24,27)(H,25,26). The summed E-state index contributed by atoms with van der Waals surface area (Å²) in [6, 6.07) is 10.4. The molecule has 1 aliphatic rings. The molecule has 8 heteroatoms. The fraction of sp³-hybridized carbons (Fsp3) is 0.273. The number of thiophene rings is 1. The van der Waals surface area contributed by atoms with Gasteiger partial charge in [-0.15, -0.1) is 11.3 Å². The normalized spacial score (nSPS) is 16.5. The number of aromatic amines is 1. The Morgan fingerprint density at radius 1 is 1.40 bits per heavy atom. The predicted octanol–water partition coefficient (Wildman–Crippen LogP) is 5.17. The maximum Gasteiger partial charge on any atom is 0.266 e. The fourth-order valence-corrected chi connectivity index (χ4v) is 4.99. The summed E-state index contributed by atoms with van der Waals surface area (Å²) in [5, 5.41) is 3.37. The Morgan fingerprint density at radius 2 is 2.30 bits per heavy atom. The number of aromatic nitrogens is 2. The van der Waals surface area contributed by atoms with Crippen molar-refractivity contribution in [2.75, 3.05) is 19.0 Å². The van der Waals surface area contributed by atoms with Gasteiger partial charge in [-0.05, 0) is 43.2 Å². The third-order valence-electron chi connectivity index (χ3n) is 5.25. The first-order valence-corrected chi connectivity index (χ1v) is 10.6. The molecule has 1 fully saturated rings. The van der Waals surface area contributed by atoms with E-state index in [0.717, 1.165) is 41.0 Å². The zero-order valence-electron chi connectivity index (χ0n) is 16.3. The summed E-state index contributed by atoms with van der Waals surface area (Å²) < 4.78 is 26.0. The van der Waals surface area contributed by atoms with E-state index in [-0.39, 0.29) is 24.4 Å². The van der Waals surface area contributed by atoms with Crippen molar-refractivity contribution in [3.63, 3.8) is 0 Å². The lowest BCUT2D eigenvalue weighted by Crippen LogP contribution is -2.12. The molecular weight excluding hydrogens is 405 g/mol. The van der Waals surface area contributed by atoms with Gasteiger partial charge in [0.05, 0.1) is 22.5 Å². The molecule has 3 heterocycles. The van der Waals surface area contributed by atoms with E-state index in [0.29, 0.717) is 21.5 Å². The number of nitrogens with zero attached hydrogens (tertiary/aromatic N) is 1. The van der Waals surface area contributed by atoms with E-state index in [2.05, 4.69) is 15.3 Å². The van der Waals surface area contributed by atoms with Crippen molar-refractivity contribution in [3.8, 4) is 0 Å². The van der Waals surface area contributed by atoms with Crippen molar-refractivity contribution in [3.05, 3.63) is 58.5 Å². The molecular formula is C22H20FN3O3S. The summed E-state index contributed by atoms with van der Waals surface area (Å²) in [6.07, 6.45) is 1.98. The molecule has 0 radical (unpaired) electrons. The number of anilines is 1. The number of carbonyl (C=O) groups is 1. The zero-order chi connectivity index (χ0) is 20.7. The Hall–Kier alpha value is -2.81. The molecule has 0 aliphatic carbocycles. The van der Waals surface area contributed by atoms with E-state index < -0.39 is 0 Å². The van der Waals surface area contributed by atoms with E-state index >= 15 is 0 Å². The smallest absolute Gasteiger partial charge is 0.266 e. The second-order valence-corrected chi connectivity index (χ2v) is 8.32. The van der Waals surface area contributed by atoms with E-state index in [1.807, 2.05) is 24.3 Å². The molecule has 1 saturated heterocycles. The van der Waals surface area contributed by atoms with Gasteiger partial charge in [-0.25, -0.2) is 9.37 Å². The Kier molecular flexibility index (Phi) is 4.98. The van der Waals surface area contributed by atoms with Gasteiger partial charge >= 0.3 is 0 Å². The quantitative estimate of drug-likeness (QED) is 0.463. The fourth-order valence-electron chi connectivity index (χ4n) is 3.87. The number of fused-ring (bicyclic) bond motifs is 2. The summed E-state index contributed by atoms with van der Waals surface area (Å²) >= 11 is 1.26. The number of amides is 1. The SMILES string of the molecule is COCc1c(C(=O)Nc2ccc3nc(C4CCCO4)[nH]c3c2)sc2cccc(F)c12. The van der Waals surface area contributed by atoms with Gasteiger partial charge in [-0.2, -0.15) is 0 Å². The lowest BCUT2D eigenvalue weighted by molar-refractivity contribution is 0.102. The molecule has 1 atom stereocenters. The summed E-state index contributed by atoms with van der Waals surface area (Å²) in [7, 11) is 1.53. The zero-order valence-corrected chi connectivity index (χ0v) is 17.1. The van der Waals surface area contributed by atoms with E-state index in [1.165, 1.54) is 24.5 Å². The maximum atomic E-state index is 14.4. The van der Waals surface area contributed by atoms with Crippen LogP contribution in [0.2, 0.25) is 0 Å². The van der Waals surface area contributed by atoms with Crippen LogP contribution in [-0.4, -0.2) is 29.6 Å². The van der Waals surface area contributed by atoms with Gasteiger partial charge in [0.25, 0.3) is 5.91 Å². The molecule has 0 saturated carbocycles. The van der Waals surface area contributed by atoms with Gasteiger partial charge in [0.15, 0.2) is 0 Å². The number of rotatable bonds is 5. The number of H-pyrrole nitrogens is 1. The van der Waals surface area contributed by atoms with Crippen molar-refractivity contribution in [2.45, 2.75) is 25.6 Å². The van der Waals surface area contributed by atoms with Crippen LogP contribution in [0, 0.1) is 5.82 Å². The molecule has 0 bridgehead atoms. The molecule has 154 valence electrons. The third kappa shape index (κ3) is 3.36. The summed E-state index contributed by atoms with van der Waals surface area (Å²) in [5.41, 5.74) is 2.85. The Morgan fingerprint density at radius 3 is 3.10 bits per heavy atom. The van der Waals surface area contributed by atoms with Gasteiger partial charge in [-0.1, -0.05) is 6.07 Å². The maximum absolute atomic E-state index is 14.4. The number of ether oxygens (including phenoxy) is 2. The first kappa shape index (κ1) is 19.2. The van der Waals surface area contributed by atoms with Crippen molar-refractivity contribution >= 4 is 44.1 Å². The lowest BCUT2D eigenvalue weighted by Gasteiger charge is -2.06. The van der Waals surface area contributed by atoms with Crippen molar-refractivity contribution < 1.29 is 18.7 Å². The monoisotopic (exact) mass is 425 g/mol. The second-order valence-electron chi connectivity index (χ2n) is 7.27. The average Bonchev–Trinajstić information content (AvgIpc) is 3.46. The van der Waals surface area contributed by atoms with E-state index in [9.17, 15) is 9.18 Å². The highest BCUT2D eigenvalue weighted by atomic mass is 32.1. The second kappa shape index (κ2) is 7.79. The number of hydrogen-bond acceptors (Lipinski definition) is 5. The topological polar surface area (TPSA) is 76.2 Å². The molecule has 6 nitrogen and oxygen atoms in total. The van der Waals surface area contributed by atoms with Crippen molar-refractivity contribution in [1.82, 2.24) is 9.97 Å². The van der Waals surface area contributed by atoms with Crippen LogP contribution in [0.5, 0.6) is 0 Å². The molecule has 0 spiro atoms. The summed E-state index contributed by atoms with van der Waals surface area (Å²) in [6.45, 7) is 0.913. The van der Waals surface area contributed by atoms with Crippen LogP contribution in [0.25, 0.3) is 21.1 Å². The van der Waals surface area contributed by atoms with E-state index in [1.54, 1.807) is 6.07 Å². The average molecular weight is 425 g/mol. The minimum atomic E-state index is -0.351. The number of halogens is 1. The number of methoxy groups -OCH3 is 1. The van der Waals surface area contributed by atoms with Crippen molar-refractivity contribution in [2.24, 2.45) is 0 Å². The Balaban J connectivity index is 1.45. The highest BCUT2D eigenvalue weighted by Crippen LogP contribution is 2.34.